The molecule has 0 bridgehead atoms. The molecule has 0 spiro atoms. The average Bonchev–Trinajstić information content (AvgIpc) is 3.34. The van der Waals surface area contributed by atoms with Crippen LogP contribution in [0, 0.1) is 0 Å². The number of thiazole rings is 1. The van der Waals surface area contributed by atoms with Gasteiger partial charge in [-0.3, -0.25) is 14.7 Å². The third-order valence-electron chi connectivity index (χ3n) is 4.58. The van der Waals surface area contributed by atoms with Crippen molar-refractivity contribution in [3.8, 4) is 11.3 Å². The van der Waals surface area contributed by atoms with Crippen LogP contribution in [0.5, 0.6) is 0 Å². The molecule has 2 amide bonds. The molecular weight excluding hydrogens is 388 g/mol. The molecule has 0 aliphatic carbocycles. The Morgan fingerprint density at radius 2 is 2.07 bits per heavy atom. The number of hydrogen-bond donors (Lipinski definition) is 1. The standard InChI is InChI=1S/C21H28N4O3S/c1-21(2,3)28-20(27)25-13-5-6-17(25)19(26)23-10-4-7-18-24-16(14-29-18)15-8-11-22-12-9-15/h8-9,11-12,14,17H,4-7,10,13H2,1-3H3,(H,23,26). The van der Waals surface area contributed by atoms with Crippen LogP contribution in [-0.2, 0) is 16.0 Å². The Balaban J connectivity index is 1.44. The number of aromatic nitrogens is 2. The molecule has 1 atom stereocenters. The van der Waals surface area contributed by atoms with Crippen LogP contribution in [0.1, 0.15) is 45.0 Å². The highest BCUT2D eigenvalue weighted by Crippen LogP contribution is 2.22. The fourth-order valence-corrected chi connectivity index (χ4v) is 4.08. The molecule has 1 aliphatic rings. The summed E-state index contributed by atoms with van der Waals surface area (Å²) in [5, 5.41) is 6.05. The van der Waals surface area contributed by atoms with Crippen molar-refractivity contribution >= 4 is 23.3 Å². The van der Waals surface area contributed by atoms with E-state index in [1.165, 1.54) is 0 Å². The molecule has 1 unspecified atom stereocenters. The van der Waals surface area contributed by atoms with Crippen LogP contribution in [-0.4, -0.2) is 51.6 Å². The maximum absolute atomic E-state index is 12.5. The predicted molar refractivity (Wildman–Crippen MR) is 113 cm³/mol. The Morgan fingerprint density at radius 3 is 2.79 bits per heavy atom. The summed E-state index contributed by atoms with van der Waals surface area (Å²) in [5.74, 6) is -0.107. The minimum absolute atomic E-state index is 0.107. The summed E-state index contributed by atoms with van der Waals surface area (Å²) in [6.07, 6.45) is 6.19. The average molecular weight is 417 g/mol. The summed E-state index contributed by atoms with van der Waals surface area (Å²) in [5.41, 5.74) is 1.44. The van der Waals surface area contributed by atoms with E-state index in [9.17, 15) is 9.59 Å². The van der Waals surface area contributed by atoms with Gasteiger partial charge in [0.15, 0.2) is 0 Å². The van der Waals surface area contributed by atoms with Crippen molar-refractivity contribution in [3.05, 3.63) is 34.9 Å². The minimum atomic E-state index is -0.566. The van der Waals surface area contributed by atoms with Gasteiger partial charge in [-0.2, -0.15) is 0 Å². The number of amides is 2. The first-order valence-corrected chi connectivity index (χ1v) is 10.8. The van der Waals surface area contributed by atoms with Gasteiger partial charge in [0.1, 0.15) is 11.6 Å². The summed E-state index contributed by atoms with van der Waals surface area (Å²) in [6.45, 7) is 6.60. The van der Waals surface area contributed by atoms with Crippen molar-refractivity contribution in [3.63, 3.8) is 0 Å². The third-order valence-corrected chi connectivity index (χ3v) is 5.49. The predicted octanol–water partition coefficient (Wildman–Crippen LogP) is 3.65. The lowest BCUT2D eigenvalue weighted by atomic mass is 10.2. The Labute approximate surface area is 175 Å². The highest BCUT2D eigenvalue weighted by molar-refractivity contribution is 7.09. The van der Waals surface area contributed by atoms with E-state index in [0.29, 0.717) is 19.5 Å². The molecule has 1 saturated heterocycles. The number of ether oxygens (including phenoxy) is 1. The number of nitrogens with zero attached hydrogens (tertiary/aromatic N) is 3. The van der Waals surface area contributed by atoms with Gasteiger partial charge < -0.3 is 10.1 Å². The van der Waals surface area contributed by atoms with Gasteiger partial charge >= 0.3 is 6.09 Å². The zero-order chi connectivity index (χ0) is 20.9. The molecule has 0 radical (unpaired) electrons. The number of pyridine rings is 1. The van der Waals surface area contributed by atoms with E-state index < -0.39 is 17.7 Å². The van der Waals surface area contributed by atoms with Gasteiger partial charge in [0.05, 0.1) is 10.7 Å². The van der Waals surface area contributed by atoms with Gasteiger partial charge in [0.2, 0.25) is 5.91 Å². The van der Waals surface area contributed by atoms with Gasteiger partial charge in [-0.1, -0.05) is 0 Å². The van der Waals surface area contributed by atoms with Crippen molar-refractivity contribution in [2.45, 2.75) is 58.1 Å². The van der Waals surface area contributed by atoms with Gasteiger partial charge in [0, 0.05) is 42.8 Å². The normalized spacial score (nSPS) is 16.7. The second-order valence-electron chi connectivity index (χ2n) is 8.09. The van der Waals surface area contributed by atoms with Crippen LogP contribution in [0.2, 0.25) is 0 Å². The van der Waals surface area contributed by atoms with Crippen LogP contribution in [0.15, 0.2) is 29.9 Å². The monoisotopic (exact) mass is 416 g/mol. The van der Waals surface area contributed by atoms with Crippen LogP contribution < -0.4 is 5.32 Å². The summed E-state index contributed by atoms with van der Waals surface area (Å²) < 4.78 is 5.42. The van der Waals surface area contributed by atoms with E-state index >= 15 is 0 Å². The van der Waals surface area contributed by atoms with E-state index in [0.717, 1.165) is 35.5 Å². The second-order valence-corrected chi connectivity index (χ2v) is 9.03. The lowest BCUT2D eigenvalue weighted by Gasteiger charge is -2.28. The molecule has 1 fully saturated rings. The Hall–Kier alpha value is -2.48. The number of nitrogens with one attached hydrogen (secondary N) is 1. The van der Waals surface area contributed by atoms with Gasteiger partial charge in [-0.05, 0) is 52.2 Å². The number of hydrogen-bond acceptors (Lipinski definition) is 6. The maximum Gasteiger partial charge on any atom is 0.410 e. The number of carbonyl (C=O) groups excluding carboxylic acids is 2. The van der Waals surface area contributed by atoms with Gasteiger partial charge in [-0.15, -0.1) is 11.3 Å². The quantitative estimate of drug-likeness (QED) is 0.727. The number of aryl methyl sites for hydroxylation is 1. The van der Waals surface area contributed by atoms with Crippen molar-refractivity contribution in [2.24, 2.45) is 0 Å². The fourth-order valence-electron chi connectivity index (χ4n) is 3.23. The fraction of sp³-hybridized carbons (Fsp3) is 0.524. The number of likely N-dealkylation sites (tertiary alicyclic amines) is 1. The smallest absolute Gasteiger partial charge is 0.410 e. The largest absolute Gasteiger partial charge is 0.444 e. The summed E-state index contributed by atoms with van der Waals surface area (Å²) in [6, 6.07) is 3.44. The van der Waals surface area contributed by atoms with Crippen LogP contribution >= 0.6 is 11.3 Å². The molecule has 156 valence electrons. The molecule has 0 saturated carbocycles. The van der Waals surface area contributed by atoms with Crippen molar-refractivity contribution < 1.29 is 14.3 Å². The van der Waals surface area contributed by atoms with E-state index in [2.05, 4.69) is 15.3 Å². The van der Waals surface area contributed by atoms with Crippen molar-refractivity contribution in [2.75, 3.05) is 13.1 Å². The van der Waals surface area contributed by atoms with E-state index in [1.807, 2.05) is 38.3 Å². The molecule has 1 aliphatic heterocycles. The van der Waals surface area contributed by atoms with Crippen LogP contribution in [0.25, 0.3) is 11.3 Å². The molecular formula is C21H28N4O3S. The highest BCUT2D eigenvalue weighted by atomic mass is 32.1. The molecule has 3 heterocycles. The van der Waals surface area contributed by atoms with Gasteiger partial charge in [0.25, 0.3) is 0 Å². The lowest BCUT2D eigenvalue weighted by molar-refractivity contribution is -0.125. The first kappa shape index (κ1) is 21.2. The van der Waals surface area contributed by atoms with Gasteiger partial charge in [-0.25, -0.2) is 9.78 Å². The highest BCUT2D eigenvalue weighted by Gasteiger charge is 2.36. The Kier molecular flexibility index (Phi) is 6.84. The molecule has 8 heteroatoms. The Morgan fingerprint density at radius 1 is 1.31 bits per heavy atom. The molecule has 3 rings (SSSR count). The van der Waals surface area contributed by atoms with Crippen molar-refractivity contribution in [1.82, 2.24) is 20.2 Å². The van der Waals surface area contributed by atoms with E-state index in [4.69, 9.17) is 4.74 Å². The summed E-state index contributed by atoms with van der Waals surface area (Å²) >= 11 is 1.62. The molecule has 2 aromatic rings. The molecule has 1 N–H and O–H groups in total. The molecule has 29 heavy (non-hydrogen) atoms. The molecule has 7 nitrogen and oxygen atoms in total. The third kappa shape index (κ3) is 6.00. The first-order valence-electron chi connectivity index (χ1n) is 9.95. The topological polar surface area (TPSA) is 84.4 Å². The SMILES string of the molecule is CC(C)(C)OC(=O)N1CCCC1C(=O)NCCCc1nc(-c2ccncc2)cs1. The van der Waals surface area contributed by atoms with Crippen molar-refractivity contribution in [1.29, 1.82) is 0 Å². The second kappa shape index (κ2) is 9.35. The number of rotatable bonds is 6. The number of carbonyl (C=O) groups is 2. The van der Waals surface area contributed by atoms with E-state index in [-0.39, 0.29) is 5.91 Å². The van der Waals surface area contributed by atoms with Crippen LogP contribution in [0.4, 0.5) is 4.79 Å². The lowest BCUT2D eigenvalue weighted by Crippen LogP contribution is -2.47. The molecule has 2 aromatic heterocycles. The zero-order valence-corrected chi connectivity index (χ0v) is 18.0. The summed E-state index contributed by atoms with van der Waals surface area (Å²) in [4.78, 5) is 35.1. The Bertz CT molecular complexity index is 832. The minimum Gasteiger partial charge on any atom is -0.444 e. The van der Waals surface area contributed by atoms with Crippen LogP contribution in [0.3, 0.4) is 0 Å². The summed E-state index contributed by atoms with van der Waals surface area (Å²) in [7, 11) is 0. The zero-order valence-electron chi connectivity index (χ0n) is 17.2. The molecule has 0 aromatic carbocycles. The first-order chi connectivity index (χ1) is 13.8. The van der Waals surface area contributed by atoms with E-state index in [1.54, 1.807) is 28.6 Å². The maximum atomic E-state index is 12.5.